The van der Waals surface area contributed by atoms with Crippen molar-refractivity contribution in [3.8, 4) is 0 Å². The summed E-state index contributed by atoms with van der Waals surface area (Å²) in [4.78, 5) is 4.08. The molecule has 1 aromatic rings. The van der Waals surface area contributed by atoms with Crippen molar-refractivity contribution in [3.63, 3.8) is 0 Å². The molecule has 2 heteroatoms. The predicted molar refractivity (Wildman–Crippen MR) is 53.3 cm³/mol. The number of nitrogens with zero attached hydrogens (tertiary/aromatic N) is 1. The van der Waals surface area contributed by atoms with Gasteiger partial charge in [-0.1, -0.05) is 13.0 Å². The Hall–Kier alpha value is -0.890. The molecule has 13 heavy (non-hydrogen) atoms. The van der Waals surface area contributed by atoms with Gasteiger partial charge in [0.25, 0.3) is 0 Å². The van der Waals surface area contributed by atoms with E-state index < -0.39 is 0 Å². The van der Waals surface area contributed by atoms with Crippen molar-refractivity contribution in [3.05, 3.63) is 30.1 Å². The molecule has 0 amide bonds. The molecule has 2 unspecified atom stereocenters. The van der Waals surface area contributed by atoms with E-state index in [1.54, 1.807) is 0 Å². The fourth-order valence-electron chi connectivity index (χ4n) is 1.78. The van der Waals surface area contributed by atoms with Crippen LogP contribution in [0.15, 0.2) is 24.5 Å². The second-order valence-electron chi connectivity index (χ2n) is 4.20. The van der Waals surface area contributed by atoms with Gasteiger partial charge in [0, 0.05) is 17.9 Å². The largest absolute Gasteiger partial charge is 0.325 e. The number of pyridine rings is 1. The minimum absolute atomic E-state index is 0.135. The Bertz CT molecular complexity index is 283. The first-order chi connectivity index (χ1) is 6.21. The first-order valence-electron chi connectivity index (χ1n) is 4.88. The third-order valence-electron chi connectivity index (χ3n) is 3.11. The van der Waals surface area contributed by atoms with Gasteiger partial charge in [0.2, 0.25) is 0 Å². The van der Waals surface area contributed by atoms with Crippen LogP contribution in [0.4, 0.5) is 0 Å². The van der Waals surface area contributed by atoms with Crippen LogP contribution in [0, 0.1) is 5.92 Å². The molecule has 70 valence electrons. The molecule has 1 saturated carbocycles. The fourth-order valence-corrected chi connectivity index (χ4v) is 1.78. The second kappa shape index (κ2) is 3.11. The van der Waals surface area contributed by atoms with Crippen LogP contribution in [0.5, 0.6) is 0 Å². The van der Waals surface area contributed by atoms with E-state index in [0.717, 1.165) is 12.8 Å². The van der Waals surface area contributed by atoms with Crippen LogP contribution in [0.2, 0.25) is 0 Å². The summed E-state index contributed by atoms with van der Waals surface area (Å²) in [6, 6.07) is 4.10. The van der Waals surface area contributed by atoms with Gasteiger partial charge in [-0.15, -0.1) is 0 Å². The Morgan fingerprint density at radius 3 is 3.00 bits per heavy atom. The Balaban J connectivity index is 1.87. The van der Waals surface area contributed by atoms with E-state index in [-0.39, 0.29) is 5.54 Å². The van der Waals surface area contributed by atoms with Gasteiger partial charge < -0.3 is 5.73 Å². The number of aryl methyl sites for hydroxylation is 1. The average molecular weight is 176 g/mol. The molecule has 2 nitrogen and oxygen atoms in total. The van der Waals surface area contributed by atoms with Crippen LogP contribution in [0.25, 0.3) is 0 Å². The molecule has 2 N–H and O–H groups in total. The maximum absolute atomic E-state index is 6.12. The van der Waals surface area contributed by atoms with Crippen LogP contribution >= 0.6 is 0 Å². The third-order valence-corrected chi connectivity index (χ3v) is 3.11. The molecule has 2 rings (SSSR count). The van der Waals surface area contributed by atoms with Crippen molar-refractivity contribution in [2.24, 2.45) is 11.7 Å². The summed E-state index contributed by atoms with van der Waals surface area (Å²) < 4.78 is 0. The predicted octanol–water partition coefficient (Wildman–Crippen LogP) is 1.75. The molecule has 0 saturated heterocycles. The highest BCUT2D eigenvalue weighted by molar-refractivity contribution is 5.13. The van der Waals surface area contributed by atoms with Gasteiger partial charge in [0.15, 0.2) is 0 Å². The Labute approximate surface area is 79.2 Å². The summed E-state index contributed by atoms with van der Waals surface area (Å²) in [5.41, 5.74) is 7.55. The molecule has 1 aliphatic rings. The quantitative estimate of drug-likeness (QED) is 0.762. The van der Waals surface area contributed by atoms with Gasteiger partial charge in [-0.25, -0.2) is 0 Å². The van der Waals surface area contributed by atoms with Gasteiger partial charge in [-0.2, -0.15) is 0 Å². The van der Waals surface area contributed by atoms with E-state index in [4.69, 9.17) is 5.73 Å². The van der Waals surface area contributed by atoms with Crippen molar-refractivity contribution in [2.45, 2.75) is 31.7 Å². The summed E-state index contributed by atoms with van der Waals surface area (Å²) in [5.74, 6) is 0.712. The number of aromatic nitrogens is 1. The minimum Gasteiger partial charge on any atom is -0.325 e. The van der Waals surface area contributed by atoms with Crippen molar-refractivity contribution in [1.29, 1.82) is 0 Å². The summed E-state index contributed by atoms with van der Waals surface area (Å²) in [6.45, 7) is 2.23. The van der Waals surface area contributed by atoms with Crippen LogP contribution in [-0.4, -0.2) is 10.5 Å². The van der Waals surface area contributed by atoms with E-state index in [1.807, 2.05) is 18.5 Å². The maximum Gasteiger partial charge on any atom is 0.0299 e. The van der Waals surface area contributed by atoms with E-state index in [0.29, 0.717) is 5.92 Å². The Morgan fingerprint density at radius 1 is 1.69 bits per heavy atom. The summed E-state index contributed by atoms with van der Waals surface area (Å²) in [5, 5.41) is 0. The molecule has 1 fully saturated rings. The highest BCUT2D eigenvalue weighted by Gasteiger charge is 2.46. The van der Waals surface area contributed by atoms with Crippen LogP contribution < -0.4 is 5.73 Å². The van der Waals surface area contributed by atoms with E-state index in [1.165, 1.54) is 12.0 Å². The summed E-state index contributed by atoms with van der Waals surface area (Å²) >= 11 is 0. The third kappa shape index (κ3) is 1.89. The molecular weight excluding hydrogens is 160 g/mol. The number of hydrogen-bond acceptors (Lipinski definition) is 2. The first kappa shape index (κ1) is 8.70. The lowest BCUT2D eigenvalue weighted by Gasteiger charge is -2.08. The SMILES string of the molecule is CC1CC1(N)CCc1cccnc1. The van der Waals surface area contributed by atoms with Gasteiger partial charge >= 0.3 is 0 Å². The average Bonchev–Trinajstić information content (AvgIpc) is 2.74. The zero-order valence-electron chi connectivity index (χ0n) is 8.03. The number of rotatable bonds is 3. The van der Waals surface area contributed by atoms with Crippen LogP contribution in [0.3, 0.4) is 0 Å². The highest BCUT2D eigenvalue weighted by atomic mass is 14.8. The van der Waals surface area contributed by atoms with Gasteiger partial charge in [-0.05, 0) is 36.8 Å². The molecule has 1 heterocycles. The van der Waals surface area contributed by atoms with Crippen molar-refractivity contribution < 1.29 is 0 Å². The topological polar surface area (TPSA) is 38.9 Å². The lowest BCUT2D eigenvalue weighted by atomic mass is 10.0. The van der Waals surface area contributed by atoms with Crippen molar-refractivity contribution >= 4 is 0 Å². The minimum atomic E-state index is 0.135. The Kier molecular flexibility index (Phi) is 2.08. The summed E-state index contributed by atoms with van der Waals surface area (Å²) in [7, 11) is 0. The smallest absolute Gasteiger partial charge is 0.0299 e. The molecule has 0 spiro atoms. The van der Waals surface area contributed by atoms with Crippen molar-refractivity contribution in [2.75, 3.05) is 0 Å². The monoisotopic (exact) mass is 176 g/mol. The summed E-state index contributed by atoms with van der Waals surface area (Å²) in [6.07, 6.45) is 7.08. The lowest BCUT2D eigenvalue weighted by molar-refractivity contribution is 0.564. The van der Waals surface area contributed by atoms with Gasteiger partial charge in [0.05, 0.1) is 0 Å². The molecule has 0 aliphatic heterocycles. The molecule has 1 aliphatic carbocycles. The van der Waals surface area contributed by atoms with E-state index in [2.05, 4.69) is 18.0 Å². The van der Waals surface area contributed by atoms with Gasteiger partial charge in [-0.3, -0.25) is 4.98 Å². The molecule has 0 bridgehead atoms. The van der Waals surface area contributed by atoms with E-state index in [9.17, 15) is 0 Å². The van der Waals surface area contributed by atoms with E-state index >= 15 is 0 Å². The van der Waals surface area contributed by atoms with Crippen LogP contribution in [0.1, 0.15) is 25.3 Å². The highest BCUT2D eigenvalue weighted by Crippen LogP contribution is 2.43. The maximum atomic E-state index is 6.12. The second-order valence-corrected chi connectivity index (χ2v) is 4.20. The first-order valence-corrected chi connectivity index (χ1v) is 4.88. The molecular formula is C11H16N2. The standard InChI is InChI=1S/C11H16N2/c1-9-7-11(9,12)5-4-10-3-2-6-13-8-10/h2-3,6,8-9H,4-5,7,12H2,1H3. The molecule has 0 aromatic carbocycles. The van der Waals surface area contributed by atoms with Gasteiger partial charge in [0.1, 0.15) is 0 Å². The van der Waals surface area contributed by atoms with Crippen molar-refractivity contribution in [1.82, 2.24) is 4.98 Å². The lowest BCUT2D eigenvalue weighted by Crippen LogP contribution is -2.24. The zero-order valence-corrected chi connectivity index (χ0v) is 8.03. The molecule has 1 aromatic heterocycles. The molecule has 0 radical (unpaired) electrons. The zero-order chi connectivity index (χ0) is 9.31. The normalized spacial score (nSPS) is 31.7. The molecule has 2 atom stereocenters. The number of nitrogens with two attached hydrogens (primary N) is 1. The number of hydrogen-bond donors (Lipinski definition) is 1. The fraction of sp³-hybridized carbons (Fsp3) is 0.545. The Morgan fingerprint density at radius 2 is 2.46 bits per heavy atom. The van der Waals surface area contributed by atoms with Crippen LogP contribution in [-0.2, 0) is 6.42 Å².